The SMILES string of the molecule is COCCN(CCNC(C)c1ccco1)C(C)C1CC1. The highest BCUT2D eigenvalue weighted by Crippen LogP contribution is 2.34. The Balaban J connectivity index is 1.73. The van der Waals surface area contributed by atoms with Gasteiger partial charge in [-0.15, -0.1) is 0 Å². The summed E-state index contributed by atoms with van der Waals surface area (Å²) in [5, 5.41) is 3.53. The maximum atomic E-state index is 5.42. The van der Waals surface area contributed by atoms with Gasteiger partial charge in [-0.1, -0.05) is 0 Å². The summed E-state index contributed by atoms with van der Waals surface area (Å²) in [6.07, 6.45) is 4.51. The summed E-state index contributed by atoms with van der Waals surface area (Å²) in [6.45, 7) is 8.36. The standard InChI is InChI=1S/C16H28N2O2/c1-13(16-5-4-11-20-16)17-8-9-18(10-12-19-3)14(2)15-6-7-15/h4-5,11,13-15,17H,6-10,12H2,1-3H3. The van der Waals surface area contributed by atoms with E-state index in [9.17, 15) is 0 Å². The molecule has 1 aromatic rings. The second-order valence-electron chi connectivity index (χ2n) is 5.80. The molecule has 20 heavy (non-hydrogen) atoms. The molecule has 1 fully saturated rings. The number of nitrogens with one attached hydrogen (secondary N) is 1. The molecule has 1 aromatic heterocycles. The van der Waals surface area contributed by atoms with E-state index in [4.69, 9.17) is 9.15 Å². The fourth-order valence-electron chi connectivity index (χ4n) is 2.67. The van der Waals surface area contributed by atoms with Gasteiger partial charge in [0.1, 0.15) is 5.76 Å². The molecule has 2 atom stereocenters. The van der Waals surface area contributed by atoms with Crippen LogP contribution in [0.1, 0.15) is 38.5 Å². The van der Waals surface area contributed by atoms with Gasteiger partial charge in [-0.2, -0.15) is 0 Å². The first-order valence-corrected chi connectivity index (χ1v) is 7.72. The highest BCUT2D eigenvalue weighted by atomic mass is 16.5. The van der Waals surface area contributed by atoms with Crippen LogP contribution in [0.15, 0.2) is 22.8 Å². The third-order valence-electron chi connectivity index (χ3n) is 4.28. The topological polar surface area (TPSA) is 37.6 Å². The molecular weight excluding hydrogens is 252 g/mol. The summed E-state index contributed by atoms with van der Waals surface area (Å²) in [7, 11) is 1.78. The Morgan fingerprint density at radius 3 is 2.80 bits per heavy atom. The molecule has 0 spiro atoms. The van der Waals surface area contributed by atoms with Crippen LogP contribution >= 0.6 is 0 Å². The van der Waals surface area contributed by atoms with E-state index in [0.29, 0.717) is 6.04 Å². The van der Waals surface area contributed by atoms with E-state index in [1.54, 1.807) is 13.4 Å². The van der Waals surface area contributed by atoms with E-state index in [1.165, 1.54) is 12.8 Å². The van der Waals surface area contributed by atoms with Crippen LogP contribution in [0.3, 0.4) is 0 Å². The van der Waals surface area contributed by atoms with Gasteiger partial charge < -0.3 is 14.5 Å². The van der Waals surface area contributed by atoms with E-state index < -0.39 is 0 Å². The van der Waals surface area contributed by atoms with Gasteiger partial charge in [-0.05, 0) is 44.7 Å². The van der Waals surface area contributed by atoms with Crippen molar-refractivity contribution in [1.29, 1.82) is 0 Å². The van der Waals surface area contributed by atoms with Crippen molar-refractivity contribution in [3.63, 3.8) is 0 Å². The van der Waals surface area contributed by atoms with Crippen LogP contribution in [-0.2, 0) is 4.74 Å². The fourth-order valence-corrected chi connectivity index (χ4v) is 2.67. The summed E-state index contributed by atoms with van der Waals surface area (Å²) in [6, 6.07) is 4.90. The number of nitrogens with zero attached hydrogens (tertiary/aromatic N) is 1. The van der Waals surface area contributed by atoms with Crippen molar-refractivity contribution < 1.29 is 9.15 Å². The van der Waals surface area contributed by atoms with Crippen molar-refractivity contribution in [3.05, 3.63) is 24.2 Å². The molecule has 2 rings (SSSR count). The first-order chi connectivity index (χ1) is 9.72. The molecule has 0 aliphatic heterocycles. The number of rotatable bonds is 10. The average molecular weight is 280 g/mol. The Bertz CT molecular complexity index is 363. The van der Waals surface area contributed by atoms with Crippen LogP contribution in [0.2, 0.25) is 0 Å². The Kier molecular flexibility index (Phi) is 6.07. The summed E-state index contributed by atoms with van der Waals surface area (Å²) < 4.78 is 10.6. The number of ether oxygens (including phenoxy) is 1. The van der Waals surface area contributed by atoms with Crippen molar-refractivity contribution in [2.45, 2.75) is 38.8 Å². The number of hydrogen-bond acceptors (Lipinski definition) is 4. The van der Waals surface area contributed by atoms with Gasteiger partial charge in [0.25, 0.3) is 0 Å². The highest BCUT2D eigenvalue weighted by Gasteiger charge is 2.31. The molecule has 0 aromatic carbocycles. The van der Waals surface area contributed by atoms with Crippen LogP contribution in [-0.4, -0.2) is 44.3 Å². The van der Waals surface area contributed by atoms with Crippen molar-refractivity contribution in [3.8, 4) is 0 Å². The predicted molar refractivity (Wildman–Crippen MR) is 80.8 cm³/mol. The highest BCUT2D eigenvalue weighted by molar-refractivity contribution is 5.02. The molecule has 0 saturated heterocycles. The minimum absolute atomic E-state index is 0.269. The maximum absolute atomic E-state index is 5.42. The zero-order valence-corrected chi connectivity index (χ0v) is 13.0. The van der Waals surface area contributed by atoms with Crippen molar-refractivity contribution >= 4 is 0 Å². The zero-order valence-electron chi connectivity index (χ0n) is 13.0. The van der Waals surface area contributed by atoms with Gasteiger partial charge in [-0.3, -0.25) is 4.90 Å². The molecule has 114 valence electrons. The normalized spacial score (nSPS) is 18.4. The van der Waals surface area contributed by atoms with E-state index in [0.717, 1.165) is 37.9 Å². The summed E-state index contributed by atoms with van der Waals surface area (Å²) in [4.78, 5) is 2.54. The Labute approximate surface area is 122 Å². The van der Waals surface area contributed by atoms with Gasteiger partial charge in [0.2, 0.25) is 0 Å². The Morgan fingerprint density at radius 1 is 1.40 bits per heavy atom. The van der Waals surface area contributed by atoms with Crippen molar-refractivity contribution in [1.82, 2.24) is 10.2 Å². The summed E-state index contributed by atoms with van der Waals surface area (Å²) in [5.41, 5.74) is 0. The molecule has 1 saturated carbocycles. The third kappa shape index (κ3) is 4.62. The smallest absolute Gasteiger partial charge is 0.120 e. The minimum atomic E-state index is 0.269. The predicted octanol–water partition coefficient (Wildman–Crippen LogP) is 2.68. The molecule has 0 bridgehead atoms. The van der Waals surface area contributed by atoms with Crippen LogP contribution in [0.4, 0.5) is 0 Å². The fraction of sp³-hybridized carbons (Fsp3) is 0.750. The lowest BCUT2D eigenvalue weighted by Gasteiger charge is -2.29. The minimum Gasteiger partial charge on any atom is -0.468 e. The summed E-state index contributed by atoms with van der Waals surface area (Å²) in [5.74, 6) is 1.90. The van der Waals surface area contributed by atoms with Crippen LogP contribution < -0.4 is 5.32 Å². The molecule has 0 radical (unpaired) electrons. The van der Waals surface area contributed by atoms with Gasteiger partial charge in [-0.25, -0.2) is 0 Å². The van der Waals surface area contributed by atoms with Gasteiger partial charge in [0.05, 0.1) is 18.9 Å². The van der Waals surface area contributed by atoms with Gasteiger partial charge in [0, 0.05) is 32.8 Å². The lowest BCUT2D eigenvalue weighted by molar-refractivity contribution is 0.116. The molecule has 4 nitrogen and oxygen atoms in total. The van der Waals surface area contributed by atoms with E-state index in [2.05, 4.69) is 24.1 Å². The second-order valence-corrected chi connectivity index (χ2v) is 5.80. The summed E-state index contributed by atoms with van der Waals surface area (Å²) >= 11 is 0. The van der Waals surface area contributed by atoms with Crippen molar-refractivity contribution in [2.75, 3.05) is 33.4 Å². The number of furan rings is 1. The Morgan fingerprint density at radius 2 is 2.20 bits per heavy atom. The quantitative estimate of drug-likeness (QED) is 0.715. The van der Waals surface area contributed by atoms with Crippen LogP contribution in [0.25, 0.3) is 0 Å². The molecule has 2 unspecified atom stereocenters. The molecule has 1 N–H and O–H groups in total. The lowest BCUT2D eigenvalue weighted by atomic mass is 10.2. The zero-order chi connectivity index (χ0) is 14.4. The van der Waals surface area contributed by atoms with Gasteiger partial charge in [0.15, 0.2) is 0 Å². The molecular formula is C16H28N2O2. The molecule has 1 aliphatic carbocycles. The van der Waals surface area contributed by atoms with Crippen molar-refractivity contribution in [2.24, 2.45) is 5.92 Å². The van der Waals surface area contributed by atoms with E-state index >= 15 is 0 Å². The third-order valence-corrected chi connectivity index (χ3v) is 4.28. The Hall–Kier alpha value is -0.840. The molecule has 0 amide bonds. The van der Waals surface area contributed by atoms with Gasteiger partial charge >= 0.3 is 0 Å². The molecule has 1 heterocycles. The first-order valence-electron chi connectivity index (χ1n) is 7.72. The lowest BCUT2D eigenvalue weighted by Crippen LogP contribution is -2.41. The first kappa shape index (κ1) is 15.5. The van der Waals surface area contributed by atoms with Crippen LogP contribution in [0, 0.1) is 5.92 Å². The van der Waals surface area contributed by atoms with E-state index in [1.807, 2.05) is 12.1 Å². The largest absolute Gasteiger partial charge is 0.468 e. The number of hydrogen-bond donors (Lipinski definition) is 1. The molecule has 1 aliphatic rings. The second kappa shape index (κ2) is 7.81. The molecule has 4 heteroatoms. The number of methoxy groups -OCH3 is 1. The maximum Gasteiger partial charge on any atom is 0.120 e. The monoisotopic (exact) mass is 280 g/mol. The van der Waals surface area contributed by atoms with E-state index in [-0.39, 0.29) is 6.04 Å². The van der Waals surface area contributed by atoms with Crippen LogP contribution in [0.5, 0.6) is 0 Å². The average Bonchev–Trinajstić information content (AvgIpc) is 3.16.